The number of hydrogen-bond donors (Lipinski definition) is 1. The number of nitrogens with one attached hydrogen (secondary N) is 1. The van der Waals surface area contributed by atoms with Crippen molar-refractivity contribution < 1.29 is 13.9 Å². The Bertz CT molecular complexity index is 1220. The number of benzene rings is 2. The molecule has 4 aromatic rings. The van der Waals surface area contributed by atoms with Crippen LogP contribution in [0.25, 0.3) is 22.2 Å². The van der Waals surface area contributed by atoms with E-state index in [-0.39, 0.29) is 5.69 Å². The molecule has 2 aromatic heterocycles. The molecule has 1 amide bonds. The van der Waals surface area contributed by atoms with Gasteiger partial charge in [-0.2, -0.15) is 10.1 Å². The lowest BCUT2D eigenvalue weighted by atomic mass is 10.0. The summed E-state index contributed by atoms with van der Waals surface area (Å²) in [7, 11) is 1.81. The number of carbonyl (C=O) groups is 1. The maximum atomic E-state index is 13.8. The number of rotatable bonds is 5. The fourth-order valence-corrected chi connectivity index (χ4v) is 3.36. The Labute approximate surface area is 173 Å². The molecule has 1 unspecified atom stereocenters. The van der Waals surface area contributed by atoms with Crippen molar-refractivity contribution in [2.24, 2.45) is 7.05 Å². The molecular weight excluding hydrogens is 383 g/mol. The highest BCUT2D eigenvalue weighted by Crippen LogP contribution is 2.33. The second-order valence-electron chi connectivity index (χ2n) is 7.01. The van der Waals surface area contributed by atoms with E-state index in [0.29, 0.717) is 11.5 Å². The van der Waals surface area contributed by atoms with E-state index in [2.05, 4.69) is 15.4 Å². The highest BCUT2D eigenvalue weighted by atomic mass is 19.1. The van der Waals surface area contributed by atoms with Crippen LogP contribution in [0.4, 0.5) is 10.1 Å². The average Bonchev–Trinajstić information content (AvgIpc) is 3.03. The van der Waals surface area contributed by atoms with Crippen LogP contribution < -0.4 is 10.1 Å². The monoisotopic (exact) mass is 404 g/mol. The number of ether oxygens (including phenoxy) is 1. The van der Waals surface area contributed by atoms with E-state index in [1.807, 2.05) is 44.3 Å². The summed E-state index contributed by atoms with van der Waals surface area (Å²) >= 11 is 0. The Hall–Kier alpha value is -3.74. The molecule has 0 aliphatic carbocycles. The summed E-state index contributed by atoms with van der Waals surface area (Å²) in [6, 6.07) is 17.7. The Kier molecular flexibility index (Phi) is 5.18. The third-order valence-electron chi connectivity index (χ3n) is 4.83. The lowest BCUT2D eigenvalue weighted by Crippen LogP contribution is -2.30. The van der Waals surface area contributed by atoms with Gasteiger partial charge >= 0.3 is 0 Å². The molecule has 30 heavy (non-hydrogen) atoms. The van der Waals surface area contributed by atoms with Gasteiger partial charge in [-0.3, -0.25) is 9.48 Å². The number of anilines is 1. The van der Waals surface area contributed by atoms with Gasteiger partial charge in [0.05, 0.1) is 16.8 Å². The Balaban J connectivity index is 1.67. The van der Waals surface area contributed by atoms with Crippen LogP contribution in [-0.4, -0.2) is 26.8 Å². The van der Waals surface area contributed by atoms with Crippen molar-refractivity contribution >= 4 is 22.6 Å². The van der Waals surface area contributed by atoms with Gasteiger partial charge < -0.3 is 10.1 Å². The molecule has 2 aromatic carbocycles. The summed E-state index contributed by atoms with van der Waals surface area (Å²) < 4.78 is 21.3. The Morgan fingerprint density at radius 2 is 1.83 bits per heavy atom. The summed E-state index contributed by atoms with van der Waals surface area (Å²) in [6.07, 6.45) is -0.882. The molecule has 0 aliphatic rings. The number of hydrogen-bond acceptors (Lipinski definition) is 4. The molecule has 0 bridgehead atoms. The van der Waals surface area contributed by atoms with E-state index in [9.17, 15) is 9.18 Å². The predicted molar refractivity (Wildman–Crippen MR) is 114 cm³/mol. The molecule has 0 fully saturated rings. The van der Waals surface area contributed by atoms with Crippen molar-refractivity contribution in [3.05, 3.63) is 72.2 Å². The van der Waals surface area contributed by atoms with E-state index in [1.165, 1.54) is 12.1 Å². The largest absolute Gasteiger partial charge is 0.464 e. The topological polar surface area (TPSA) is 69.0 Å². The first-order valence-corrected chi connectivity index (χ1v) is 9.56. The molecule has 0 spiro atoms. The van der Waals surface area contributed by atoms with Crippen LogP contribution >= 0.6 is 0 Å². The summed E-state index contributed by atoms with van der Waals surface area (Å²) in [5.41, 5.74) is 3.53. The van der Waals surface area contributed by atoms with E-state index in [0.717, 1.165) is 22.2 Å². The predicted octanol–water partition coefficient (Wildman–Crippen LogP) is 4.49. The molecule has 1 atom stereocenters. The number of para-hydroxylation sites is 1. The molecule has 0 saturated carbocycles. The van der Waals surface area contributed by atoms with Crippen LogP contribution in [0, 0.1) is 12.7 Å². The second kappa shape index (κ2) is 7.94. The van der Waals surface area contributed by atoms with Crippen LogP contribution in [0.5, 0.6) is 5.88 Å². The summed E-state index contributed by atoms with van der Waals surface area (Å²) in [5, 5.41) is 7.95. The molecule has 7 heteroatoms. The SMILES string of the molecule is Cc1nn(C)c2nc(OC(C)C(=O)Nc3ccccc3F)cc(-c3ccccc3)c12. The number of pyridine rings is 1. The second-order valence-corrected chi connectivity index (χ2v) is 7.01. The summed E-state index contributed by atoms with van der Waals surface area (Å²) in [5.74, 6) is -0.681. The van der Waals surface area contributed by atoms with Crippen molar-refractivity contribution in [3.8, 4) is 17.0 Å². The molecule has 1 N–H and O–H groups in total. The van der Waals surface area contributed by atoms with Crippen molar-refractivity contribution in [2.45, 2.75) is 20.0 Å². The van der Waals surface area contributed by atoms with Crippen LogP contribution in [-0.2, 0) is 11.8 Å². The first-order chi connectivity index (χ1) is 14.4. The van der Waals surface area contributed by atoms with Gasteiger partial charge in [0.1, 0.15) is 5.82 Å². The van der Waals surface area contributed by atoms with Crippen molar-refractivity contribution in [1.82, 2.24) is 14.8 Å². The minimum absolute atomic E-state index is 0.105. The van der Waals surface area contributed by atoms with Crippen LogP contribution in [0.1, 0.15) is 12.6 Å². The fourth-order valence-electron chi connectivity index (χ4n) is 3.36. The maximum absolute atomic E-state index is 13.8. The van der Waals surface area contributed by atoms with Gasteiger partial charge in [0.2, 0.25) is 5.88 Å². The normalized spacial score (nSPS) is 12.0. The third-order valence-corrected chi connectivity index (χ3v) is 4.83. The van der Waals surface area contributed by atoms with Gasteiger partial charge in [-0.05, 0) is 37.1 Å². The van der Waals surface area contributed by atoms with Gasteiger partial charge in [-0.1, -0.05) is 42.5 Å². The highest BCUT2D eigenvalue weighted by molar-refractivity contribution is 5.96. The van der Waals surface area contributed by atoms with Crippen molar-refractivity contribution in [1.29, 1.82) is 0 Å². The quantitative estimate of drug-likeness (QED) is 0.532. The highest BCUT2D eigenvalue weighted by Gasteiger charge is 2.20. The smallest absolute Gasteiger partial charge is 0.265 e. The first kappa shape index (κ1) is 19.6. The van der Waals surface area contributed by atoms with Gasteiger partial charge in [0.25, 0.3) is 5.91 Å². The maximum Gasteiger partial charge on any atom is 0.265 e. The van der Waals surface area contributed by atoms with Crippen LogP contribution in [0.3, 0.4) is 0 Å². The molecule has 0 aliphatic heterocycles. The average molecular weight is 404 g/mol. The van der Waals surface area contributed by atoms with Crippen molar-refractivity contribution in [3.63, 3.8) is 0 Å². The number of aromatic nitrogens is 3. The third kappa shape index (κ3) is 3.74. The van der Waals surface area contributed by atoms with E-state index < -0.39 is 17.8 Å². The zero-order valence-electron chi connectivity index (χ0n) is 16.9. The molecule has 2 heterocycles. The van der Waals surface area contributed by atoms with Gasteiger partial charge in [0.15, 0.2) is 11.8 Å². The number of aryl methyl sites for hydroxylation is 2. The molecule has 4 rings (SSSR count). The van der Waals surface area contributed by atoms with E-state index >= 15 is 0 Å². The van der Waals surface area contributed by atoms with Gasteiger partial charge in [-0.25, -0.2) is 4.39 Å². The lowest BCUT2D eigenvalue weighted by molar-refractivity contribution is -0.122. The summed E-state index contributed by atoms with van der Waals surface area (Å²) in [6.45, 7) is 3.53. The van der Waals surface area contributed by atoms with Gasteiger partial charge in [-0.15, -0.1) is 0 Å². The minimum atomic E-state index is -0.882. The number of carbonyl (C=O) groups excluding carboxylic acids is 1. The number of fused-ring (bicyclic) bond motifs is 1. The molecular formula is C23H21FN4O2. The Morgan fingerprint density at radius 3 is 2.57 bits per heavy atom. The van der Waals surface area contributed by atoms with Crippen molar-refractivity contribution in [2.75, 3.05) is 5.32 Å². The van der Waals surface area contributed by atoms with E-state index in [4.69, 9.17) is 4.74 Å². The lowest BCUT2D eigenvalue weighted by Gasteiger charge is -2.15. The summed E-state index contributed by atoms with van der Waals surface area (Å²) in [4.78, 5) is 17.1. The molecule has 6 nitrogen and oxygen atoms in total. The minimum Gasteiger partial charge on any atom is -0.464 e. The zero-order valence-corrected chi connectivity index (χ0v) is 16.9. The first-order valence-electron chi connectivity index (χ1n) is 9.56. The number of amides is 1. The molecule has 0 saturated heterocycles. The number of halogens is 1. The molecule has 0 radical (unpaired) electrons. The van der Waals surface area contributed by atoms with E-state index in [1.54, 1.807) is 29.8 Å². The molecule has 152 valence electrons. The van der Waals surface area contributed by atoms with Crippen LogP contribution in [0.2, 0.25) is 0 Å². The zero-order chi connectivity index (χ0) is 21.3. The fraction of sp³-hybridized carbons (Fsp3) is 0.174. The van der Waals surface area contributed by atoms with Crippen LogP contribution in [0.15, 0.2) is 60.7 Å². The number of nitrogens with zero attached hydrogens (tertiary/aromatic N) is 3. The Morgan fingerprint density at radius 1 is 1.13 bits per heavy atom. The van der Waals surface area contributed by atoms with Gasteiger partial charge in [0, 0.05) is 13.1 Å². The standard InChI is InChI=1S/C23H21FN4O2/c1-14-21-17(16-9-5-4-6-10-16)13-20(26-22(21)28(3)27-14)30-15(2)23(29)25-19-12-8-7-11-18(19)24/h4-13,15H,1-3H3,(H,25,29).